The molecule has 5 heteroatoms. The summed E-state index contributed by atoms with van der Waals surface area (Å²) in [5, 5.41) is 5.03. The average molecular weight is 157 g/mol. The van der Waals surface area contributed by atoms with Crippen molar-refractivity contribution < 1.29 is 0 Å². The zero-order valence-corrected chi connectivity index (χ0v) is 6.26. The molecule has 1 atom stereocenters. The van der Waals surface area contributed by atoms with Crippen molar-refractivity contribution in [3.05, 3.63) is 16.0 Å². The van der Waals surface area contributed by atoms with E-state index in [2.05, 4.69) is 10.2 Å². The van der Waals surface area contributed by atoms with E-state index in [1.807, 2.05) is 0 Å². The largest absolute Gasteiger partial charge is 0.375 e. The summed E-state index contributed by atoms with van der Waals surface area (Å²) in [7, 11) is 0. The Kier molecular flexibility index (Phi) is 1.96. The van der Waals surface area contributed by atoms with E-state index in [1.54, 1.807) is 12.3 Å². The lowest BCUT2D eigenvalue weighted by Crippen LogP contribution is -1.89. The number of nitroso groups, excluding NO2 is 1. The Morgan fingerprint density at radius 2 is 2.60 bits per heavy atom. The molecule has 10 heavy (non-hydrogen) atoms. The molecule has 1 heterocycles. The summed E-state index contributed by atoms with van der Waals surface area (Å²) in [5.41, 5.74) is 5.99. The van der Waals surface area contributed by atoms with Crippen molar-refractivity contribution in [2.24, 2.45) is 5.18 Å². The summed E-state index contributed by atoms with van der Waals surface area (Å²) >= 11 is 1.32. The lowest BCUT2D eigenvalue weighted by atomic mass is 10.3. The number of thiazole rings is 1. The second-order valence-electron chi connectivity index (χ2n) is 1.89. The number of rotatable bonds is 2. The molecule has 4 nitrogen and oxygen atoms in total. The van der Waals surface area contributed by atoms with Crippen molar-refractivity contribution in [2.45, 2.75) is 13.0 Å². The molecule has 0 aliphatic heterocycles. The van der Waals surface area contributed by atoms with Gasteiger partial charge in [0.1, 0.15) is 6.04 Å². The molecule has 0 saturated carbocycles. The summed E-state index contributed by atoms with van der Waals surface area (Å²) < 4.78 is 0. The number of aromatic nitrogens is 1. The zero-order valence-electron chi connectivity index (χ0n) is 5.44. The third kappa shape index (κ3) is 1.30. The Hall–Kier alpha value is -0.970. The molecule has 0 aliphatic rings. The quantitative estimate of drug-likeness (QED) is 0.662. The molecule has 1 aromatic rings. The maximum atomic E-state index is 9.99. The molecule has 1 aromatic heterocycles. The van der Waals surface area contributed by atoms with Crippen molar-refractivity contribution in [2.75, 3.05) is 5.73 Å². The van der Waals surface area contributed by atoms with Crippen molar-refractivity contribution in [3.63, 3.8) is 0 Å². The van der Waals surface area contributed by atoms with E-state index >= 15 is 0 Å². The topological polar surface area (TPSA) is 68.3 Å². The highest BCUT2D eigenvalue weighted by Gasteiger charge is 2.07. The molecule has 1 unspecified atom stereocenters. The Labute approximate surface area is 62.1 Å². The summed E-state index contributed by atoms with van der Waals surface area (Å²) in [4.78, 5) is 13.9. The first-order valence-electron chi connectivity index (χ1n) is 2.77. The predicted octanol–water partition coefficient (Wildman–Crippen LogP) is 1.55. The predicted molar refractivity (Wildman–Crippen MR) is 40.7 cm³/mol. The maximum Gasteiger partial charge on any atom is 0.180 e. The Morgan fingerprint density at radius 3 is 3.00 bits per heavy atom. The fourth-order valence-corrected chi connectivity index (χ4v) is 1.20. The number of hydrogen-bond donors (Lipinski definition) is 1. The summed E-state index contributed by atoms with van der Waals surface area (Å²) in [6.45, 7) is 1.68. The van der Waals surface area contributed by atoms with Gasteiger partial charge in [-0.3, -0.25) is 0 Å². The standard InChI is InChI=1S/C5H7N3OS/c1-3(8-9)4-2-10-5(6)7-4/h2-3H,1H3,(H2,6,7). The third-order valence-corrected chi connectivity index (χ3v) is 1.82. The van der Waals surface area contributed by atoms with Crippen molar-refractivity contribution in [1.82, 2.24) is 4.98 Å². The summed E-state index contributed by atoms with van der Waals surface area (Å²) in [5.74, 6) is 0. The SMILES string of the molecule is CC(N=O)c1csc(N)n1. The second kappa shape index (κ2) is 2.74. The van der Waals surface area contributed by atoms with E-state index in [0.29, 0.717) is 10.8 Å². The summed E-state index contributed by atoms with van der Waals surface area (Å²) in [6.07, 6.45) is 0. The second-order valence-corrected chi connectivity index (χ2v) is 2.78. The zero-order chi connectivity index (χ0) is 7.56. The monoisotopic (exact) mass is 157 g/mol. The van der Waals surface area contributed by atoms with Gasteiger partial charge in [0.15, 0.2) is 5.13 Å². The molecule has 0 amide bonds. The third-order valence-electron chi connectivity index (χ3n) is 1.13. The van der Waals surface area contributed by atoms with Gasteiger partial charge >= 0.3 is 0 Å². The van der Waals surface area contributed by atoms with Gasteiger partial charge in [0, 0.05) is 5.38 Å². The van der Waals surface area contributed by atoms with Crippen LogP contribution >= 0.6 is 11.3 Å². The van der Waals surface area contributed by atoms with Crippen LogP contribution < -0.4 is 5.73 Å². The molecule has 0 aromatic carbocycles. The van der Waals surface area contributed by atoms with Crippen molar-refractivity contribution in [3.8, 4) is 0 Å². The van der Waals surface area contributed by atoms with Gasteiger partial charge in [0.05, 0.1) is 5.69 Å². The Morgan fingerprint density at radius 1 is 1.90 bits per heavy atom. The fraction of sp³-hybridized carbons (Fsp3) is 0.400. The first-order chi connectivity index (χ1) is 4.74. The highest BCUT2D eigenvalue weighted by molar-refractivity contribution is 7.13. The molecular weight excluding hydrogens is 150 g/mol. The molecular formula is C5H7N3OS. The van der Waals surface area contributed by atoms with Gasteiger partial charge in [0.2, 0.25) is 0 Å². The van der Waals surface area contributed by atoms with Gasteiger partial charge in [-0.15, -0.1) is 11.3 Å². The van der Waals surface area contributed by atoms with E-state index in [-0.39, 0.29) is 6.04 Å². The molecule has 0 fully saturated rings. The number of anilines is 1. The van der Waals surface area contributed by atoms with Crippen molar-refractivity contribution in [1.29, 1.82) is 0 Å². The minimum atomic E-state index is -0.381. The number of nitrogens with two attached hydrogens (primary N) is 1. The normalized spacial score (nSPS) is 12.9. The average Bonchev–Trinajstić information content (AvgIpc) is 2.34. The number of nitrogen functional groups attached to an aromatic ring is 1. The van der Waals surface area contributed by atoms with Crippen LogP contribution in [0.1, 0.15) is 18.7 Å². The van der Waals surface area contributed by atoms with E-state index in [9.17, 15) is 4.91 Å². The first kappa shape index (κ1) is 7.14. The van der Waals surface area contributed by atoms with Crippen LogP contribution in [0.15, 0.2) is 10.6 Å². The van der Waals surface area contributed by atoms with E-state index in [4.69, 9.17) is 5.73 Å². The minimum absolute atomic E-state index is 0.381. The van der Waals surface area contributed by atoms with Crippen LogP contribution in [0.2, 0.25) is 0 Å². The van der Waals surface area contributed by atoms with E-state index in [1.165, 1.54) is 11.3 Å². The van der Waals surface area contributed by atoms with Gasteiger partial charge in [-0.2, -0.15) is 4.91 Å². The Bertz CT molecular complexity index is 235. The molecule has 54 valence electrons. The first-order valence-corrected chi connectivity index (χ1v) is 3.65. The molecule has 2 N–H and O–H groups in total. The molecule has 1 rings (SSSR count). The smallest absolute Gasteiger partial charge is 0.180 e. The van der Waals surface area contributed by atoms with Crippen LogP contribution in [-0.2, 0) is 0 Å². The highest BCUT2D eigenvalue weighted by atomic mass is 32.1. The molecule has 0 bridgehead atoms. The molecule has 0 spiro atoms. The molecule has 0 radical (unpaired) electrons. The van der Waals surface area contributed by atoms with Crippen molar-refractivity contribution >= 4 is 16.5 Å². The van der Waals surface area contributed by atoms with E-state index in [0.717, 1.165) is 0 Å². The lowest BCUT2D eigenvalue weighted by molar-refractivity contribution is 0.785. The van der Waals surface area contributed by atoms with E-state index < -0.39 is 0 Å². The van der Waals surface area contributed by atoms with Crippen LogP contribution in [-0.4, -0.2) is 4.98 Å². The number of hydrogen-bond acceptors (Lipinski definition) is 5. The summed E-state index contributed by atoms with van der Waals surface area (Å²) in [6, 6.07) is -0.381. The van der Waals surface area contributed by atoms with Crippen LogP contribution in [0, 0.1) is 4.91 Å². The van der Waals surface area contributed by atoms with Crippen LogP contribution in [0.4, 0.5) is 5.13 Å². The maximum absolute atomic E-state index is 9.99. The van der Waals surface area contributed by atoms with Gasteiger partial charge < -0.3 is 5.73 Å². The highest BCUT2D eigenvalue weighted by Crippen LogP contribution is 2.19. The van der Waals surface area contributed by atoms with Gasteiger partial charge in [-0.25, -0.2) is 4.98 Å². The Balaban J connectivity index is 2.84. The number of nitrogens with zero attached hydrogens (tertiary/aromatic N) is 2. The lowest BCUT2D eigenvalue weighted by Gasteiger charge is -1.92. The van der Waals surface area contributed by atoms with Crippen LogP contribution in [0.5, 0.6) is 0 Å². The van der Waals surface area contributed by atoms with Crippen LogP contribution in [0.25, 0.3) is 0 Å². The fourth-order valence-electron chi connectivity index (χ4n) is 0.547. The minimum Gasteiger partial charge on any atom is -0.375 e. The van der Waals surface area contributed by atoms with Gasteiger partial charge in [0.25, 0.3) is 0 Å². The van der Waals surface area contributed by atoms with Gasteiger partial charge in [-0.1, -0.05) is 5.18 Å². The molecule has 0 aliphatic carbocycles. The van der Waals surface area contributed by atoms with Crippen LogP contribution in [0.3, 0.4) is 0 Å². The van der Waals surface area contributed by atoms with Gasteiger partial charge in [-0.05, 0) is 6.92 Å². The molecule has 0 saturated heterocycles.